The number of hydrogen-bond donors (Lipinski definition) is 3. The van der Waals surface area contributed by atoms with Crippen LogP contribution in [0.3, 0.4) is 0 Å². The van der Waals surface area contributed by atoms with E-state index < -0.39 is 12.5 Å². The number of benzene rings is 1. The highest BCUT2D eigenvalue weighted by Crippen LogP contribution is 2.20. The number of carbonyl (C=O) groups excluding carboxylic acids is 1. The first-order valence-corrected chi connectivity index (χ1v) is 5.61. The molecule has 0 aliphatic heterocycles. The van der Waals surface area contributed by atoms with Gasteiger partial charge in [-0.05, 0) is 6.07 Å². The van der Waals surface area contributed by atoms with Gasteiger partial charge in [0.05, 0.1) is 7.11 Å². The van der Waals surface area contributed by atoms with Crippen molar-refractivity contribution in [2.75, 3.05) is 12.4 Å². The summed E-state index contributed by atoms with van der Waals surface area (Å²) in [4.78, 5) is 11.9. The van der Waals surface area contributed by atoms with E-state index in [-0.39, 0.29) is 11.4 Å². The highest BCUT2D eigenvalue weighted by atomic mass is 16.5. The molecule has 98 valence electrons. The molecule has 5 nitrogen and oxygen atoms in total. The molecule has 0 radical (unpaired) electrons. The van der Waals surface area contributed by atoms with E-state index in [4.69, 9.17) is 4.74 Å². The summed E-state index contributed by atoms with van der Waals surface area (Å²) in [7, 11) is -0.147. The molecule has 0 spiro atoms. The lowest BCUT2D eigenvalue weighted by Crippen LogP contribution is -2.36. The van der Waals surface area contributed by atoms with Gasteiger partial charge in [0.15, 0.2) is 0 Å². The average Bonchev–Trinajstić information content (AvgIpc) is 2.27. The molecule has 0 unspecified atom stereocenters. The minimum absolute atomic E-state index is 0.211. The number of rotatable bonds is 3. The third-order valence-electron chi connectivity index (χ3n) is 2.47. The predicted molar refractivity (Wildman–Crippen MR) is 70.9 cm³/mol. The Morgan fingerprint density at radius 3 is 2.39 bits per heavy atom. The zero-order valence-corrected chi connectivity index (χ0v) is 11.0. The molecule has 0 saturated heterocycles. The predicted octanol–water partition coefficient (Wildman–Crippen LogP) is 0.360. The quantitative estimate of drug-likeness (QED) is 0.678. The molecule has 6 heteroatoms. The van der Waals surface area contributed by atoms with Gasteiger partial charge in [-0.15, -0.1) is 0 Å². The number of ether oxygens (including phenoxy) is 1. The topological polar surface area (TPSA) is 78.8 Å². The number of hydrogen-bond acceptors (Lipinski definition) is 4. The molecule has 0 heterocycles. The fraction of sp³-hybridized carbons (Fsp3) is 0.417. The van der Waals surface area contributed by atoms with Crippen LogP contribution in [0.1, 0.15) is 20.8 Å². The maximum atomic E-state index is 11.9. The second-order valence-corrected chi connectivity index (χ2v) is 5.03. The molecule has 0 saturated carbocycles. The van der Waals surface area contributed by atoms with Gasteiger partial charge < -0.3 is 20.1 Å². The summed E-state index contributed by atoms with van der Waals surface area (Å²) in [6.45, 7) is 5.33. The fourth-order valence-corrected chi connectivity index (χ4v) is 1.31. The van der Waals surface area contributed by atoms with Gasteiger partial charge in [-0.25, -0.2) is 0 Å². The van der Waals surface area contributed by atoms with Crippen LogP contribution in [0.2, 0.25) is 0 Å². The van der Waals surface area contributed by atoms with E-state index in [1.165, 1.54) is 13.2 Å². The van der Waals surface area contributed by atoms with Crippen molar-refractivity contribution in [3.8, 4) is 5.75 Å². The molecule has 0 fully saturated rings. The monoisotopic (exact) mass is 251 g/mol. The molecule has 1 amide bonds. The number of anilines is 1. The van der Waals surface area contributed by atoms with E-state index in [9.17, 15) is 14.8 Å². The fourth-order valence-electron chi connectivity index (χ4n) is 1.31. The zero-order chi connectivity index (χ0) is 13.9. The van der Waals surface area contributed by atoms with Crippen LogP contribution in [0.5, 0.6) is 5.75 Å². The van der Waals surface area contributed by atoms with Crippen LogP contribution >= 0.6 is 0 Å². The van der Waals surface area contributed by atoms with Crippen LogP contribution in [-0.2, 0) is 4.79 Å². The van der Waals surface area contributed by atoms with Crippen molar-refractivity contribution < 1.29 is 19.6 Å². The van der Waals surface area contributed by atoms with Crippen LogP contribution in [0.15, 0.2) is 18.2 Å². The van der Waals surface area contributed by atoms with Crippen LogP contribution in [0.4, 0.5) is 5.69 Å². The molecular formula is C12H18BNO4. The van der Waals surface area contributed by atoms with E-state index in [2.05, 4.69) is 5.32 Å². The Labute approximate surface area is 107 Å². The lowest BCUT2D eigenvalue weighted by Gasteiger charge is -2.19. The Morgan fingerprint density at radius 1 is 1.33 bits per heavy atom. The highest BCUT2D eigenvalue weighted by molar-refractivity contribution is 6.60. The number of amides is 1. The van der Waals surface area contributed by atoms with Crippen LogP contribution in [0.25, 0.3) is 0 Å². The summed E-state index contributed by atoms with van der Waals surface area (Å²) in [6.07, 6.45) is 0. The third-order valence-corrected chi connectivity index (χ3v) is 2.47. The molecule has 0 aliphatic rings. The summed E-state index contributed by atoms with van der Waals surface area (Å²) in [5, 5.41) is 21.2. The Morgan fingerprint density at radius 2 is 1.94 bits per heavy atom. The molecule has 1 rings (SSSR count). The van der Waals surface area contributed by atoms with E-state index in [1.807, 2.05) is 0 Å². The number of nitrogens with one attached hydrogen (secondary N) is 1. The SMILES string of the molecule is COc1ccc(B(O)O)c(NC(=O)C(C)(C)C)c1. The van der Waals surface area contributed by atoms with E-state index in [1.54, 1.807) is 32.9 Å². The molecule has 1 aromatic carbocycles. The van der Waals surface area contributed by atoms with Gasteiger partial charge in [-0.3, -0.25) is 4.79 Å². The second kappa shape index (κ2) is 5.41. The van der Waals surface area contributed by atoms with Gasteiger partial charge >= 0.3 is 7.12 Å². The molecule has 3 N–H and O–H groups in total. The summed E-state index contributed by atoms with van der Waals surface area (Å²) in [5.74, 6) is 0.321. The number of carbonyl (C=O) groups is 1. The lowest BCUT2D eigenvalue weighted by molar-refractivity contribution is -0.123. The maximum Gasteiger partial charge on any atom is 0.490 e. The minimum atomic E-state index is -1.65. The van der Waals surface area contributed by atoms with Crippen molar-refractivity contribution in [2.45, 2.75) is 20.8 Å². The first kappa shape index (κ1) is 14.5. The summed E-state index contributed by atoms with van der Waals surface area (Å²) < 4.78 is 5.04. The van der Waals surface area contributed by atoms with E-state index in [0.29, 0.717) is 11.4 Å². The Bertz CT molecular complexity index is 440. The Kier molecular flexibility index (Phi) is 4.37. The van der Waals surface area contributed by atoms with E-state index in [0.717, 1.165) is 0 Å². The van der Waals surface area contributed by atoms with Crippen molar-refractivity contribution in [2.24, 2.45) is 5.41 Å². The first-order chi connectivity index (χ1) is 8.25. The molecule has 18 heavy (non-hydrogen) atoms. The summed E-state index contributed by atoms with van der Waals surface area (Å²) >= 11 is 0. The molecule has 0 atom stereocenters. The van der Waals surface area contributed by atoms with Crippen molar-refractivity contribution in [3.63, 3.8) is 0 Å². The van der Waals surface area contributed by atoms with Gasteiger partial charge in [-0.2, -0.15) is 0 Å². The Balaban J connectivity index is 3.09. The van der Waals surface area contributed by atoms with Gasteiger partial charge in [0, 0.05) is 22.6 Å². The normalized spacial score (nSPS) is 11.0. The van der Waals surface area contributed by atoms with Crippen molar-refractivity contribution in [3.05, 3.63) is 18.2 Å². The summed E-state index contributed by atoms with van der Waals surface area (Å²) in [6, 6.07) is 4.65. The molecule has 0 bridgehead atoms. The third kappa shape index (κ3) is 3.48. The smallest absolute Gasteiger partial charge is 0.490 e. The molecule has 0 aliphatic carbocycles. The maximum absolute atomic E-state index is 11.9. The van der Waals surface area contributed by atoms with Gasteiger partial charge in [0.1, 0.15) is 5.75 Å². The molecule has 1 aromatic rings. The van der Waals surface area contributed by atoms with Crippen LogP contribution in [-0.4, -0.2) is 30.2 Å². The highest BCUT2D eigenvalue weighted by Gasteiger charge is 2.24. The lowest BCUT2D eigenvalue weighted by atomic mass is 9.78. The summed E-state index contributed by atoms with van der Waals surface area (Å²) in [5.41, 5.74) is -0.00140. The largest absolute Gasteiger partial charge is 0.497 e. The van der Waals surface area contributed by atoms with Gasteiger partial charge in [0.2, 0.25) is 5.91 Å². The van der Waals surface area contributed by atoms with Crippen LogP contribution < -0.4 is 15.5 Å². The average molecular weight is 251 g/mol. The second-order valence-electron chi connectivity index (χ2n) is 5.03. The standard InChI is InChI=1S/C12H18BNO4/c1-12(2,3)11(15)14-10-7-8(18-4)5-6-9(10)13(16)17/h5-7,16-17H,1-4H3,(H,14,15). The minimum Gasteiger partial charge on any atom is -0.497 e. The molecule has 0 aromatic heterocycles. The van der Waals surface area contributed by atoms with Crippen molar-refractivity contribution in [1.82, 2.24) is 0 Å². The first-order valence-electron chi connectivity index (χ1n) is 5.61. The Hall–Kier alpha value is -1.53. The van der Waals surface area contributed by atoms with Crippen LogP contribution in [0, 0.1) is 5.41 Å². The van der Waals surface area contributed by atoms with Crippen molar-refractivity contribution >= 4 is 24.2 Å². The zero-order valence-electron chi connectivity index (χ0n) is 11.0. The van der Waals surface area contributed by atoms with Gasteiger partial charge in [0.25, 0.3) is 0 Å². The van der Waals surface area contributed by atoms with Gasteiger partial charge in [-0.1, -0.05) is 26.8 Å². The van der Waals surface area contributed by atoms with E-state index >= 15 is 0 Å². The molecular weight excluding hydrogens is 233 g/mol. The van der Waals surface area contributed by atoms with Crippen molar-refractivity contribution in [1.29, 1.82) is 0 Å². The number of methoxy groups -OCH3 is 1.